The molecule has 0 unspecified atom stereocenters. The molecule has 1 fully saturated rings. The van der Waals surface area contributed by atoms with Crippen LogP contribution in [0.25, 0.3) is 0 Å². The van der Waals surface area contributed by atoms with E-state index in [1.54, 1.807) is 0 Å². The van der Waals surface area contributed by atoms with Gasteiger partial charge in [0.25, 0.3) is 0 Å². The minimum atomic E-state index is -4.10. The normalized spacial score (nSPS) is 16.5. The summed E-state index contributed by atoms with van der Waals surface area (Å²) in [6.07, 6.45) is 2.95. The molecular weight excluding hydrogens is 300 g/mol. The second kappa shape index (κ2) is 6.67. The van der Waals surface area contributed by atoms with Crippen LogP contribution in [0, 0.1) is 11.6 Å². The van der Waals surface area contributed by atoms with Gasteiger partial charge in [0.1, 0.15) is 4.90 Å². The van der Waals surface area contributed by atoms with E-state index in [4.69, 9.17) is 5.73 Å². The molecule has 0 amide bonds. The average molecular weight is 319 g/mol. The van der Waals surface area contributed by atoms with Crippen molar-refractivity contribution in [2.24, 2.45) is 0 Å². The first-order valence-corrected chi connectivity index (χ1v) is 8.35. The van der Waals surface area contributed by atoms with Crippen molar-refractivity contribution in [2.75, 3.05) is 31.9 Å². The van der Waals surface area contributed by atoms with Crippen LogP contribution in [-0.2, 0) is 10.0 Å². The number of halogens is 2. The number of sulfonamides is 1. The molecule has 0 saturated carbocycles. The zero-order chi connectivity index (χ0) is 15.5. The molecule has 8 heteroatoms. The highest BCUT2D eigenvalue weighted by molar-refractivity contribution is 7.89. The van der Waals surface area contributed by atoms with E-state index in [1.807, 2.05) is 0 Å². The van der Waals surface area contributed by atoms with Crippen LogP contribution < -0.4 is 10.5 Å². The Labute approximate surface area is 123 Å². The third-order valence-corrected chi connectivity index (χ3v) is 4.91. The van der Waals surface area contributed by atoms with Crippen LogP contribution in [0.1, 0.15) is 19.3 Å². The summed E-state index contributed by atoms with van der Waals surface area (Å²) in [6.45, 7) is 3.02. The van der Waals surface area contributed by atoms with Crippen molar-refractivity contribution in [3.8, 4) is 0 Å². The molecule has 0 spiro atoms. The molecule has 0 bridgehead atoms. The van der Waals surface area contributed by atoms with E-state index in [0.717, 1.165) is 31.8 Å². The monoisotopic (exact) mass is 319 g/mol. The van der Waals surface area contributed by atoms with Gasteiger partial charge in [-0.25, -0.2) is 21.9 Å². The van der Waals surface area contributed by atoms with E-state index in [2.05, 4.69) is 9.62 Å². The maximum Gasteiger partial charge on any atom is 0.243 e. The van der Waals surface area contributed by atoms with E-state index >= 15 is 0 Å². The fraction of sp³-hybridized carbons (Fsp3) is 0.538. The van der Waals surface area contributed by atoms with Crippen molar-refractivity contribution in [1.29, 1.82) is 0 Å². The van der Waals surface area contributed by atoms with Crippen LogP contribution >= 0.6 is 0 Å². The van der Waals surface area contributed by atoms with Gasteiger partial charge in [0, 0.05) is 12.2 Å². The lowest BCUT2D eigenvalue weighted by Crippen LogP contribution is -2.29. The van der Waals surface area contributed by atoms with E-state index in [1.165, 1.54) is 12.8 Å². The van der Waals surface area contributed by atoms with Gasteiger partial charge in [-0.05, 0) is 51.0 Å². The Bertz CT molecular complexity index is 602. The Kier molecular flexibility index (Phi) is 5.13. The second-order valence-corrected chi connectivity index (χ2v) is 6.85. The van der Waals surface area contributed by atoms with E-state index in [9.17, 15) is 17.2 Å². The number of hydrogen-bond donors (Lipinski definition) is 2. The Morgan fingerprint density at radius 3 is 2.57 bits per heavy atom. The molecule has 1 aliphatic rings. The van der Waals surface area contributed by atoms with E-state index in [-0.39, 0.29) is 12.2 Å². The van der Waals surface area contributed by atoms with Crippen LogP contribution in [0.4, 0.5) is 14.5 Å². The third-order valence-electron chi connectivity index (χ3n) is 3.45. The molecule has 2 rings (SSSR count). The van der Waals surface area contributed by atoms with Gasteiger partial charge in [0.05, 0.1) is 0 Å². The highest BCUT2D eigenvalue weighted by Gasteiger charge is 2.22. The summed E-state index contributed by atoms with van der Waals surface area (Å²) < 4.78 is 53.0. The van der Waals surface area contributed by atoms with Crippen LogP contribution in [0.15, 0.2) is 17.0 Å². The summed E-state index contributed by atoms with van der Waals surface area (Å²) in [5, 5.41) is 0. The van der Waals surface area contributed by atoms with Gasteiger partial charge < -0.3 is 10.6 Å². The summed E-state index contributed by atoms with van der Waals surface area (Å²) in [4.78, 5) is 1.50. The largest absolute Gasteiger partial charge is 0.399 e. The van der Waals surface area contributed by atoms with Crippen molar-refractivity contribution in [2.45, 2.75) is 24.2 Å². The van der Waals surface area contributed by atoms with Gasteiger partial charge in [-0.2, -0.15) is 0 Å². The van der Waals surface area contributed by atoms with Gasteiger partial charge in [0.15, 0.2) is 11.6 Å². The molecule has 0 atom stereocenters. The molecule has 1 saturated heterocycles. The highest BCUT2D eigenvalue weighted by Crippen LogP contribution is 2.20. The van der Waals surface area contributed by atoms with E-state index < -0.39 is 26.6 Å². The highest BCUT2D eigenvalue weighted by atomic mass is 32.2. The SMILES string of the molecule is Nc1cc(F)c(F)c(S(=O)(=O)NCCCN2CCCC2)c1. The fourth-order valence-corrected chi connectivity index (χ4v) is 3.57. The third kappa shape index (κ3) is 4.12. The molecule has 0 radical (unpaired) electrons. The van der Waals surface area contributed by atoms with Gasteiger partial charge in [-0.15, -0.1) is 0 Å². The topological polar surface area (TPSA) is 75.4 Å². The zero-order valence-corrected chi connectivity index (χ0v) is 12.4. The summed E-state index contributed by atoms with van der Waals surface area (Å²) in [5.41, 5.74) is 5.22. The van der Waals surface area contributed by atoms with Crippen molar-refractivity contribution < 1.29 is 17.2 Å². The van der Waals surface area contributed by atoms with Crippen LogP contribution in [0.2, 0.25) is 0 Å². The molecule has 118 valence electrons. The summed E-state index contributed by atoms with van der Waals surface area (Å²) in [7, 11) is -4.10. The van der Waals surface area contributed by atoms with Crippen molar-refractivity contribution in [3.63, 3.8) is 0 Å². The molecule has 1 aliphatic heterocycles. The Morgan fingerprint density at radius 1 is 1.24 bits per heavy atom. The first-order chi connectivity index (χ1) is 9.90. The van der Waals surface area contributed by atoms with Gasteiger partial charge in [0.2, 0.25) is 10.0 Å². The summed E-state index contributed by atoms with van der Waals surface area (Å²) in [5.74, 6) is -2.68. The first kappa shape index (κ1) is 16.1. The molecule has 1 aromatic carbocycles. The van der Waals surface area contributed by atoms with E-state index in [0.29, 0.717) is 6.42 Å². The minimum Gasteiger partial charge on any atom is -0.399 e. The number of anilines is 1. The van der Waals surface area contributed by atoms with Crippen LogP contribution in [-0.4, -0.2) is 39.5 Å². The van der Waals surface area contributed by atoms with Gasteiger partial charge in [-0.3, -0.25) is 0 Å². The predicted molar refractivity (Wildman–Crippen MR) is 76.2 cm³/mol. The maximum absolute atomic E-state index is 13.6. The number of nitrogens with one attached hydrogen (secondary N) is 1. The molecule has 3 N–H and O–H groups in total. The predicted octanol–water partition coefficient (Wildman–Crippen LogP) is 1.31. The number of nitrogens with zero attached hydrogens (tertiary/aromatic N) is 1. The second-order valence-electron chi connectivity index (χ2n) is 5.11. The van der Waals surface area contributed by atoms with Crippen LogP contribution in [0.3, 0.4) is 0 Å². The lowest BCUT2D eigenvalue weighted by molar-refractivity contribution is 0.334. The molecule has 1 aromatic rings. The fourth-order valence-electron chi connectivity index (χ4n) is 2.37. The molecule has 1 heterocycles. The van der Waals surface area contributed by atoms with Gasteiger partial charge >= 0.3 is 0 Å². The lowest BCUT2D eigenvalue weighted by atomic mass is 10.3. The molecule has 21 heavy (non-hydrogen) atoms. The zero-order valence-electron chi connectivity index (χ0n) is 11.6. The van der Waals surface area contributed by atoms with Gasteiger partial charge in [-0.1, -0.05) is 0 Å². The average Bonchev–Trinajstić information content (AvgIpc) is 2.92. The number of benzene rings is 1. The Morgan fingerprint density at radius 2 is 1.90 bits per heavy atom. The minimum absolute atomic E-state index is 0.133. The molecule has 0 aromatic heterocycles. The molecular formula is C13H19F2N3O2S. The molecule has 0 aliphatic carbocycles. The quantitative estimate of drug-likeness (QED) is 0.612. The van der Waals surface area contributed by atoms with Crippen LogP contribution in [0.5, 0.6) is 0 Å². The Hall–Kier alpha value is -1.25. The number of rotatable bonds is 6. The number of nitrogens with two attached hydrogens (primary N) is 1. The number of hydrogen-bond acceptors (Lipinski definition) is 4. The van der Waals surface area contributed by atoms with Crippen molar-refractivity contribution >= 4 is 15.7 Å². The maximum atomic E-state index is 13.6. The number of nitrogen functional groups attached to an aromatic ring is 1. The summed E-state index contributed by atoms with van der Waals surface area (Å²) >= 11 is 0. The Balaban J connectivity index is 1.95. The lowest BCUT2D eigenvalue weighted by Gasteiger charge is -2.14. The molecule has 5 nitrogen and oxygen atoms in total. The van der Waals surface area contributed by atoms with Crippen molar-refractivity contribution in [1.82, 2.24) is 9.62 Å². The summed E-state index contributed by atoms with van der Waals surface area (Å²) in [6, 6.07) is 1.67. The van der Waals surface area contributed by atoms with Crippen molar-refractivity contribution in [3.05, 3.63) is 23.8 Å². The number of likely N-dealkylation sites (tertiary alicyclic amines) is 1. The smallest absolute Gasteiger partial charge is 0.243 e. The standard InChI is InChI=1S/C13H19F2N3O2S/c14-11-8-10(16)9-12(13(11)15)21(19,20)17-4-3-7-18-5-1-2-6-18/h8-9,17H,1-7,16H2. The first-order valence-electron chi connectivity index (χ1n) is 6.87.